The quantitative estimate of drug-likeness (QED) is 0.424. The number of hydrogen-bond acceptors (Lipinski definition) is 5. The van der Waals surface area contributed by atoms with Crippen LogP contribution >= 0.6 is 0 Å². The first kappa shape index (κ1) is 16.4. The fourth-order valence-corrected chi connectivity index (χ4v) is 0.897. The molecule has 0 heterocycles. The Morgan fingerprint density at radius 1 is 1.11 bits per heavy atom. The smallest absolute Gasteiger partial charge is 0.414 e. The summed E-state index contributed by atoms with van der Waals surface area (Å²) in [5, 5.41) is 14.8. The number of hydrogen-bond donors (Lipinski definition) is 3. The van der Waals surface area contributed by atoms with Crippen LogP contribution in [0.3, 0.4) is 0 Å². The van der Waals surface area contributed by atoms with Gasteiger partial charge in [-0.25, -0.2) is 14.4 Å². The van der Waals surface area contributed by atoms with Gasteiger partial charge in [0.1, 0.15) is 0 Å². The third-order valence-corrected chi connectivity index (χ3v) is 1.77. The van der Waals surface area contributed by atoms with Crippen LogP contribution in [0.5, 0.6) is 0 Å². The Labute approximate surface area is 109 Å². The maximum Gasteiger partial charge on any atom is 0.414 e. The second-order valence-electron chi connectivity index (χ2n) is 3.37. The topological polar surface area (TPSA) is 127 Å². The van der Waals surface area contributed by atoms with E-state index in [1.165, 1.54) is 0 Å². The lowest BCUT2D eigenvalue weighted by Crippen LogP contribution is -2.09. The molecule has 0 saturated heterocycles. The molecule has 1 rings (SSSR count). The minimum atomic E-state index is -1.82. The van der Waals surface area contributed by atoms with E-state index < -0.39 is 11.9 Å². The molecular formula is C12H15NO6. The van der Waals surface area contributed by atoms with Gasteiger partial charge in [0.2, 0.25) is 0 Å². The summed E-state index contributed by atoms with van der Waals surface area (Å²) in [6.07, 6.45) is 0.834. The van der Waals surface area contributed by atoms with Crippen molar-refractivity contribution in [3.63, 3.8) is 0 Å². The molecule has 0 unspecified atom stereocenters. The molecule has 0 spiro atoms. The maximum absolute atomic E-state index is 11.3. The molecule has 0 radical (unpaired) electrons. The van der Waals surface area contributed by atoms with Crippen LogP contribution in [0.25, 0.3) is 0 Å². The Kier molecular flexibility index (Phi) is 7.36. The third-order valence-electron chi connectivity index (χ3n) is 1.77. The summed E-state index contributed by atoms with van der Waals surface area (Å²) in [6, 6.07) is 6.69. The predicted octanol–water partition coefficient (Wildman–Crippen LogP) is 0.991. The van der Waals surface area contributed by atoms with Gasteiger partial charge in [-0.05, 0) is 30.7 Å². The van der Waals surface area contributed by atoms with Gasteiger partial charge in [-0.3, -0.25) is 0 Å². The van der Waals surface area contributed by atoms with E-state index in [1.807, 2.05) is 6.92 Å². The minimum absolute atomic E-state index is 0.290. The number of carboxylic acid groups (broad SMARTS) is 2. The summed E-state index contributed by atoms with van der Waals surface area (Å²) in [5.41, 5.74) is 6.66. The number of nitrogens with two attached hydrogens (primary N) is 1. The van der Waals surface area contributed by atoms with E-state index in [2.05, 4.69) is 0 Å². The number of carboxylic acids is 2. The first-order valence-electron chi connectivity index (χ1n) is 5.37. The molecule has 0 aliphatic rings. The fraction of sp³-hybridized carbons (Fsp3) is 0.250. The zero-order chi connectivity index (χ0) is 14.8. The highest BCUT2D eigenvalue weighted by atomic mass is 16.5. The molecule has 7 heteroatoms. The first-order valence-corrected chi connectivity index (χ1v) is 5.37. The lowest BCUT2D eigenvalue weighted by atomic mass is 10.2. The third kappa shape index (κ3) is 7.37. The van der Waals surface area contributed by atoms with Crippen molar-refractivity contribution >= 4 is 23.6 Å². The zero-order valence-corrected chi connectivity index (χ0v) is 10.3. The molecule has 19 heavy (non-hydrogen) atoms. The molecule has 0 amide bonds. The SMILES string of the molecule is CCCOC(=O)c1ccc(N)cc1.O=C(O)C(=O)O. The molecule has 0 fully saturated rings. The van der Waals surface area contributed by atoms with Crippen molar-refractivity contribution in [1.29, 1.82) is 0 Å². The lowest BCUT2D eigenvalue weighted by Gasteiger charge is -2.02. The van der Waals surface area contributed by atoms with E-state index in [0.29, 0.717) is 17.9 Å². The van der Waals surface area contributed by atoms with Crippen molar-refractivity contribution in [2.45, 2.75) is 13.3 Å². The number of rotatable bonds is 3. The summed E-state index contributed by atoms with van der Waals surface area (Å²) < 4.78 is 4.94. The molecule has 7 nitrogen and oxygen atoms in total. The van der Waals surface area contributed by atoms with Crippen LogP contribution in [0.15, 0.2) is 24.3 Å². The number of ether oxygens (including phenoxy) is 1. The molecule has 1 aromatic rings. The van der Waals surface area contributed by atoms with Gasteiger partial charge < -0.3 is 20.7 Å². The highest BCUT2D eigenvalue weighted by Crippen LogP contribution is 2.06. The van der Waals surface area contributed by atoms with Crippen molar-refractivity contribution in [3.8, 4) is 0 Å². The van der Waals surface area contributed by atoms with Crippen LogP contribution in [-0.2, 0) is 14.3 Å². The Morgan fingerprint density at radius 2 is 1.58 bits per heavy atom. The second-order valence-corrected chi connectivity index (χ2v) is 3.37. The van der Waals surface area contributed by atoms with Crippen molar-refractivity contribution < 1.29 is 29.3 Å². The average molecular weight is 269 g/mol. The van der Waals surface area contributed by atoms with Crippen molar-refractivity contribution in [3.05, 3.63) is 29.8 Å². The Balaban J connectivity index is 0.000000459. The Hall–Kier alpha value is -2.57. The number of aliphatic carboxylic acids is 2. The van der Waals surface area contributed by atoms with Crippen molar-refractivity contribution in [2.24, 2.45) is 0 Å². The van der Waals surface area contributed by atoms with E-state index in [0.717, 1.165) is 6.42 Å². The summed E-state index contributed by atoms with van der Waals surface area (Å²) in [7, 11) is 0. The summed E-state index contributed by atoms with van der Waals surface area (Å²) in [6.45, 7) is 2.42. The Morgan fingerprint density at radius 3 is 1.95 bits per heavy atom. The highest BCUT2D eigenvalue weighted by Gasteiger charge is 2.05. The van der Waals surface area contributed by atoms with Gasteiger partial charge in [-0.15, -0.1) is 0 Å². The van der Waals surface area contributed by atoms with Gasteiger partial charge in [-0.1, -0.05) is 6.92 Å². The molecule has 0 bridgehead atoms. The fourth-order valence-electron chi connectivity index (χ4n) is 0.897. The van der Waals surface area contributed by atoms with Crippen LogP contribution in [0.2, 0.25) is 0 Å². The second kappa shape index (κ2) is 8.51. The molecule has 0 saturated carbocycles. The number of carbonyl (C=O) groups is 3. The summed E-state index contributed by atoms with van der Waals surface area (Å²) >= 11 is 0. The van der Waals surface area contributed by atoms with E-state index in [1.54, 1.807) is 24.3 Å². The number of benzene rings is 1. The summed E-state index contributed by atoms with van der Waals surface area (Å²) in [4.78, 5) is 29.5. The molecule has 0 atom stereocenters. The largest absolute Gasteiger partial charge is 0.473 e. The van der Waals surface area contributed by atoms with Crippen molar-refractivity contribution in [2.75, 3.05) is 12.3 Å². The maximum atomic E-state index is 11.3. The molecular weight excluding hydrogens is 254 g/mol. The summed E-state index contributed by atoms with van der Waals surface area (Å²) in [5.74, 6) is -3.94. The predicted molar refractivity (Wildman–Crippen MR) is 66.7 cm³/mol. The van der Waals surface area contributed by atoms with Crippen LogP contribution in [0, 0.1) is 0 Å². The number of anilines is 1. The highest BCUT2D eigenvalue weighted by molar-refractivity contribution is 6.27. The molecule has 104 valence electrons. The molecule has 0 aliphatic carbocycles. The molecule has 1 aromatic carbocycles. The van der Waals surface area contributed by atoms with Gasteiger partial charge in [0, 0.05) is 5.69 Å². The minimum Gasteiger partial charge on any atom is -0.473 e. The molecule has 4 N–H and O–H groups in total. The van der Waals surface area contributed by atoms with E-state index >= 15 is 0 Å². The van der Waals surface area contributed by atoms with Crippen molar-refractivity contribution in [1.82, 2.24) is 0 Å². The average Bonchev–Trinajstić information content (AvgIpc) is 2.37. The van der Waals surface area contributed by atoms with Gasteiger partial charge >= 0.3 is 17.9 Å². The van der Waals surface area contributed by atoms with Gasteiger partial charge in [0.15, 0.2) is 0 Å². The molecule has 0 aromatic heterocycles. The number of carbonyl (C=O) groups excluding carboxylic acids is 1. The van der Waals surface area contributed by atoms with E-state index in [-0.39, 0.29) is 5.97 Å². The normalized spacial score (nSPS) is 8.89. The lowest BCUT2D eigenvalue weighted by molar-refractivity contribution is -0.159. The van der Waals surface area contributed by atoms with Crippen LogP contribution < -0.4 is 5.73 Å². The first-order chi connectivity index (χ1) is 8.88. The van der Waals surface area contributed by atoms with Crippen LogP contribution in [-0.4, -0.2) is 34.7 Å². The van der Waals surface area contributed by atoms with Crippen LogP contribution in [0.1, 0.15) is 23.7 Å². The number of esters is 1. The van der Waals surface area contributed by atoms with Crippen LogP contribution in [0.4, 0.5) is 5.69 Å². The Bertz CT molecular complexity index is 428. The zero-order valence-electron chi connectivity index (χ0n) is 10.3. The monoisotopic (exact) mass is 269 g/mol. The van der Waals surface area contributed by atoms with Gasteiger partial charge in [-0.2, -0.15) is 0 Å². The standard InChI is InChI=1S/C10H13NO2.C2H2O4/c1-2-7-13-10(12)8-3-5-9(11)6-4-8;3-1(4)2(5)6/h3-6H,2,7,11H2,1H3;(H,3,4)(H,5,6). The van der Waals surface area contributed by atoms with E-state index in [4.69, 9.17) is 30.3 Å². The van der Waals surface area contributed by atoms with E-state index in [9.17, 15) is 4.79 Å². The number of nitrogen functional groups attached to an aromatic ring is 1. The molecule has 0 aliphatic heterocycles. The van der Waals surface area contributed by atoms with Gasteiger partial charge in [0.25, 0.3) is 0 Å². The van der Waals surface area contributed by atoms with Gasteiger partial charge in [0.05, 0.1) is 12.2 Å².